The third-order valence-electron chi connectivity index (χ3n) is 2.48. The minimum atomic E-state index is 0.392. The van der Waals surface area contributed by atoms with Crippen molar-refractivity contribution >= 4 is 11.5 Å². The third-order valence-corrected chi connectivity index (χ3v) is 2.48. The molecule has 0 spiro atoms. The summed E-state index contributed by atoms with van der Waals surface area (Å²) in [7, 11) is 1.54. The van der Waals surface area contributed by atoms with Crippen molar-refractivity contribution in [2.45, 2.75) is 19.9 Å². The summed E-state index contributed by atoms with van der Waals surface area (Å²) in [5.41, 5.74) is 6.32. The van der Waals surface area contributed by atoms with Gasteiger partial charge in [0.2, 0.25) is 5.88 Å². The smallest absolute Gasteiger partial charge is 0.242 e. The van der Waals surface area contributed by atoms with E-state index in [4.69, 9.17) is 14.9 Å². The Labute approximate surface area is 105 Å². The first-order chi connectivity index (χ1) is 8.74. The highest BCUT2D eigenvalue weighted by Gasteiger charge is 2.11. The lowest BCUT2D eigenvalue weighted by atomic mass is 10.3. The zero-order valence-electron chi connectivity index (χ0n) is 10.4. The van der Waals surface area contributed by atoms with Crippen LogP contribution in [0, 0.1) is 0 Å². The number of aromatic nitrogens is 2. The first kappa shape index (κ1) is 12.2. The van der Waals surface area contributed by atoms with E-state index < -0.39 is 0 Å². The number of rotatable bonds is 5. The fourth-order valence-electron chi connectivity index (χ4n) is 1.53. The number of methoxy groups -OCH3 is 1. The van der Waals surface area contributed by atoms with Gasteiger partial charge in [-0.05, 0) is 12.1 Å². The Hall–Kier alpha value is -2.24. The van der Waals surface area contributed by atoms with Crippen molar-refractivity contribution in [3.63, 3.8) is 0 Å². The molecule has 6 heteroatoms. The molecule has 3 N–H and O–H groups in total. The van der Waals surface area contributed by atoms with E-state index in [1.54, 1.807) is 6.26 Å². The lowest BCUT2D eigenvalue weighted by molar-refractivity contribution is 0.397. The molecule has 0 aliphatic carbocycles. The van der Waals surface area contributed by atoms with Crippen LogP contribution >= 0.6 is 0 Å². The summed E-state index contributed by atoms with van der Waals surface area (Å²) in [5.74, 6) is 2.45. The van der Waals surface area contributed by atoms with Crippen LogP contribution in [-0.4, -0.2) is 17.1 Å². The molecule has 2 rings (SSSR count). The van der Waals surface area contributed by atoms with Gasteiger partial charge in [-0.2, -0.15) is 4.98 Å². The lowest BCUT2D eigenvalue weighted by Crippen LogP contribution is -2.09. The molecule has 18 heavy (non-hydrogen) atoms. The number of nitrogens with two attached hydrogens (primary N) is 1. The van der Waals surface area contributed by atoms with Crippen LogP contribution in [0.2, 0.25) is 0 Å². The number of nitrogens with one attached hydrogen (secondary N) is 1. The van der Waals surface area contributed by atoms with Crippen LogP contribution in [0.5, 0.6) is 5.88 Å². The Morgan fingerprint density at radius 3 is 2.89 bits per heavy atom. The number of nitrogen functional groups attached to an aromatic ring is 1. The standard InChI is InChI=1S/C12H16N4O2/c1-3-9-15-11(10(13)12(16-9)17-2)14-7-8-5-4-6-18-8/h4-6H,3,7,13H2,1-2H3,(H,14,15,16). The van der Waals surface area contributed by atoms with Gasteiger partial charge in [-0.1, -0.05) is 6.92 Å². The molecule has 2 heterocycles. The van der Waals surface area contributed by atoms with Gasteiger partial charge in [-0.3, -0.25) is 0 Å². The average molecular weight is 248 g/mol. The Morgan fingerprint density at radius 2 is 2.28 bits per heavy atom. The molecule has 2 aromatic rings. The topological polar surface area (TPSA) is 86.2 Å². The van der Waals surface area contributed by atoms with Gasteiger partial charge in [0.15, 0.2) is 5.82 Å². The van der Waals surface area contributed by atoms with Gasteiger partial charge in [0, 0.05) is 6.42 Å². The Balaban J connectivity index is 2.20. The van der Waals surface area contributed by atoms with Gasteiger partial charge < -0.3 is 20.2 Å². The molecule has 6 nitrogen and oxygen atoms in total. The maximum atomic E-state index is 5.91. The van der Waals surface area contributed by atoms with Crippen LogP contribution < -0.4 is 15.8 Å². The van der Waals surface area contributed by atoms with Crippen molar-refractivity contribution in [1.29, 1.82) is 0 Å². The number of hydrogen-bond donors (Lipinski definition) is 2. The van der Waals surface area contributed by atoms with Gasteiger partial charge >= 0.3 is 0 Å². The molecular weight excluding hydrogens is 232 g/mol. The highest BCUT2D eigenvalue weighted by atomic mass is 16.5. The molecule has 0 amide bonds. The number of anilines is 2. The second-order valence-electron chi connectivity index (χ2n) is 3.70. The van der Waals surface area contributed by atoms with Gasteiger partial charge in [0.25, 0.3) is 0 Å². The molecule has 0 saturated carbocycles. The summed E-state index contributed by atoms with van der Waals surface area (Å²) in [6.07, 6.45) is 2.34. The van der Waals surface area contributed by atoms with E-state index in [2.05, 4.69) is 15.3 Å². The number of hydrogen-bond acceptors (Lipinski definition) is 6. The van der Waals surface area contributed by atoms with Gasteiger partial charge in [-0.25, -0.2) is 4.98 Å². The zero-order valence-corrected chi connectivity index (χ0v) is 10.4. The SMILES string of the molecule is CCc1nc(NCc2ccco2)c(N)c(OC)n1. The fraction of sp³-hybridized carbons (Fsp3) is 0.333. The molecule has 0 saturated heterocycles. The number of aryl methyl sites for hydroxylation is 1. The summed E-state index contributed by atoms with van der Waals surface area (Å²) >= 11 is 0. The van der Waals surface area contributed by atoms with Crippen LogP contribution in [-0.2, 0) is 13.0 Å². The molecular formula is C12H16N4O2. The van der Waals surface area contributed by atoms with Gasteiger partial charge in [-0.15, -0.1) is 0 Å². The second-order valence-corrected chi connectivity index (χ2v) is 3.70. The van der Waals surface area contributed by atoms with Crippen LogP contribution in [0.15, 0.2) is 22.8 Å². The molecule has 0 fully saturated rings. The zero-order chi connectivity index (χ0) is 13.0. The van der Waals surface area contributed by atoms with E-state index in [9.17, 15) is 0 Å². The quantitative estimate of drug-likeness (QED) is 0.839. The largest absolute Gasteiger partial charge is 0.479 e. The van der Waals surface area contributed by atoms with Gasteiger partial charge in [0.05, 0.1) is 19.9 Å². The minimum Gasteiger partial charge on any atom is -0.479 e. The van der Waals surface area contributed by atoms with Crippen molar-refractivity contribution in [1.82, 2.24) is 9.97 Å². The molecule has 0 unspecified atom stereocenters. The summed E-state index contributed by atoms with van der Waals surface area (Å²) < 4.78 is 10.4. The van der Waals surface area contributed by atoms with Crippen molar-refractivity contribution in [3.8, 4) is 5.88 Å². The van der Waals surface area contributed by atoms with Gasteiger partial charge in [0.1, 0.15) is 17.3 Å². The van der Waals surface area contributed by atoms with Crippen LogP contribution in [0.25, 0.3) is 0 Å². The predicted octanol–water partition coefficient (Wildman–Crippen LogP) is 1.83. The third kappa shape index (κ3) is 2.53. The van der Waals surface area contributed by atoms with E-state index in [-0.39, 0.29) is 0 Å². The van der Waals surface area contributed by atoms with Crippen molar-refractivity contribution in [2.24, 2.45) is 0 Å². The highest BCUT2D eigenvalue weighted by molar-refractivity contribution is 5.66. The first-order valence-corrected chi connectivity index (χ1v) is 5.71. The number of furan rings is 1. The minimum absolute atomic E-state index is 0.392. The summed E-state index contributed by atoms with van der Waals surface area (Å²) in [4.78, 5) is 8.52. The molecule has 96 valence electrons. The van der Waals surface area contributed by atoms with Crippen LogP contribution in [0.3, 0.4) is 0 Å². The van der Waals surface area contributed by atoms with Crippen molar-refractivity contribution < 1.29 is 9.15 Å². The maximum Gasteiger partial charge on any atom is 0.242 e. The summed E-state index contributed by atoms with van der Waals surface area (Å²) in [6, 6.07) is 3.71. The molecule has 0 atom stereocenters. The molecule has 2 aromatic heterocycles. The Morgan fingerprint density at radius 1 is 1.44 bits per heavy atom. The summed E-state index contributed by atoms with van der Waals surface area (Å²) in [6.45, 7) is 2.49. The van der Waals surface area contributed by atoms with E-state index >= 15 is 0 Å². The molecule has 0 aliphatic rings. The van der Waals surface area contributed by atoms with Crippen molar-refractivity contribution in [3.05, 3.63) is 30.0 Å². The lowest BCUT2D eigenvalue weighted by Gasteiger charge is -2.11. The number of nitrogens with zero attached hydrogens (tertiary/aromatic N) is 2. The number of ether oxygens (including phenoxy) is 1. The van der Waals surface area contributed by atoms with E-state index in [1.807, 2.05) is 19.1 Å². The molecule has 0 aliphatic heterocycles. The highest BCUT2D eigenvalue weighted by Crippen LogP contribution is 2.26. The first-order valence-electron chi connectivity index (χ1n) is 5.71. The van der Waals surface area contributed by atoms with E-state index in [0.29, 0.717) is 36.2 Å². The fourth-order valence-corrected chi connectivity index (χ4v) is 1.53. The van der Waals surface area contributed by atoms with Crippen LogP contribution in [0.1, 0.15) is 18.5 Å². The molecule has 0 aromatic carbocycles. The van der Waals surface area contributed by atoms with Crippen LogP contribution in [0.4, 0.5) is 11.5 Å². The normalized spacial score (nSPS) is 10.3. The van der Waals surface area contributed by atoms with Crippen molar-refractivity contribution in [2.75, 3.05) is 18.2 Å². The van der Waals surface area contributed by atoms with E-state index in [0.717, 1.165) is 5.76 Å². The average Bonchev–Trinajstić information content (AvgIpc) is 2.90. The molecule has 0 bridgehead atoms. The monoisotopic (exact) mass is 248 g/mol. The second kappa shape index (κ2) is 5.39. The Kier molecular flexibility index (Phi) is 3.66. The Bertz CT molecular complexity index is 511. The maximum absolute atomic E-state index is 5.91. The predicted molar refractivity (Wildman–Crippen MR) is 68.4 cm³/mol. The van der Waals surface area contributed by atoms with E-state index in [1.165, 1.54) is 7.11 Å². The molecule has 0 radical (unpaired) electrons. The summed E-state index contributed by atoms with van der Waals surface area (Å²) in [5, 5.41) is 3.11.